The summed E-state index contributed by atoms with van der Waals surface area (Å²) in [5.74, 6) is -0.971. The summed E-state index contributed by atoms with van der Waals surface area (Å²) in [6.07, 6.45) is 2.11. The van der Waals surface area contributed by atoms with Gasteiger partial charge >= 0.3 is 5.97 Å². The van der Waals surface area contributed by atoms with E-state index < -0.39 is 22.1 Å². The summed E-state index contributed by atoms with van der Waals surface area (Å²) < 4.78 is 27.1. The van der Waals surface area contributed by atoms with Crippen molar-refractivity contribution in [3.05, 3.63) is 51.2 Å². The molecular weight excluding hydrogens is 484 g/mol. The first-order valence-corrected chi connectivity index (χ1v) is 13.5. The third-order valence-electron chi connectivity index (χ3n) is 5.36. The lowest BCUT2D eigenvalue weighted by atomic mass is 9.96. The van der Waals surface area contributed by atoms with E-state index in [1.165, 1.54) is 24.1 Å². The molecule has 0 spiro atoms. The number of sulfonamides is 1. The van der Waals surface area contributed by atoms with Crippen molar-refractivity contribution in [2.45, 2.75) is 62.5 Å². The zero-order chi connectivity index (χ0) is 24.6. The highest BCUT2D eigenvalue weighted by Crippen LogP contribution is 2.23. The summed E-state index contributed by atoms with van der Waals surface area (Å²) in [4.78, 5) is 12.2. The number of carboxylic acid groups (broad SMARTS) is 1. The Labute approximate surface area is 205 Å². The molecule has 0 fully saturated rings. The SMILES string of the molecule is CN(CC(O)CNC(C)(C)CCCc1cccs1)S(=O)(=O)c1cc(Cl)cc(CCC(=O)O)c1. The Bertz CT molecular complexity index is 1010. The molecule has 0 aliphatic rings. The van der Waals surface area contributed by atoms with Gasteiger partial charge in [-0.05, 0) is 74.7 Å². The highest BCUT2D eigenvalue weighted by Gasteiger charge is 2.25. The zero-order valence-corrected chi connectivity index (χ0v) is 21.6. The molecule has 0 aliphatic carbocycles. The number of aryl methyl sites for hydroxylation is 2. The number of aliphatic hydroxyl groups excluding tert-OH is 1. The summed E-state index contributed by atoms with van der Waals surface area (Å²) in [5.41, 5.74) is 0.338. The van der Waals surface area contributed by atoms with E-state index in [9.17, 15) is 18.3 Å². The quantitative estimate of drug-likeness (QED) is 0.352. The molecule has 0 amide bonds. The lowest BCUT2D eigenvalue weighted by molar-refractivity contribution is -0.136. The van der Waals surface area contributed by atoms with E-state index in [1.54, 1.807) is 17.4 Å². The molecular formula is C23H33ClN2O5S2. The molecule has 3 N–H and O–H groups in total. The van der Waals surface area contributed by atoms with Crippen LogP contribution < -0.4 is 5.32 Å². The predicted molar refractivity (Wildman–Crippen MR) is 133 cm³/mol. The maximum Gasteiger partial charge on any atom is 0.303 e. The van der Waals surface area contributed by atoms with Crippen LogP contribution in [0.15, 0.2) is 40.6 Å². The van der Waals surface area contributed by atoms with Gasteiger partial charge < -0.3 is 15.5 Å². The molecule has 0 saturated heterocycles. The predicted octanol–water partition coefficient (Wildman–Crippen LogP) is 3.79. The molecule has 1 atom stereocenters. The first kappa shape index (κ1) is 27.8. The fourth-order valence-electron chi connectivity index (χ4n) is 3.45. The number of aliphatic carboxylic acids is 1. The third kappa shape index (κ3) is 9.35. The van der Waals surface area contributed by atoms with Gasteiger partial charge in [-0.15, -0.1) is 11.3 Å². The monoisotopic (exact) mass is 516 g/mol. The molecule has 184 valence electrons. The Hall–Kier alpha value is -1.49. The van der Waals surface area contributed by atoms with Crippen LogP contribution >= 0.6 is 22.9 Å². The van der Waals surface area contributed by atoms with Gasteiger partial charge in [-0.25, -0.2) is 8.42 Å². The molecule has 0 saturated carbocycles. The van der Waals surface area contributed by atoms with Crippen molar-refractivity contribution in [1.82, 2.24) is 9.62 Å². The van der Waals surface area contributed by atoms with Crippen molar-refractivity contribution >= 4 is 38.9 Å². The van der Waals surface area contributed by atoms with Crippen LogP contribution in [0.2, 0.25) is 5.02 Å². The lowest BCUT2D eigenvalue weighted by Crippen LogP contribution is -2.46. The summed E-state index contributed by atoms with van der Waals surface area (Å²) in [6, 6.07) is 8.49. The van der Waals surface area contributed by atoms with Gasteiger partial charge in [-0.2, -0.15) is 4.31 Å². The van der Waals surface area contributed by atoms with Gasteiger partial charge in [0.25, 0.3) is 0 Å². The molecule has 33 heavy (non-hydrogen) atoms. The number of β-amino-alcohol motifs (C(OH)–C–C–N with tert-alkyl or cyclic N) is 1. The first-order valence-electron chi connectivity index (χ1n) is 10.8. The number of likely N-dealkylation sites (N-methyl/N-ethyl adjacent to an activating group) is 1. The lowest BCUT2D eigenvalue weighted by Gasteiger charge is -2.29. The molecule has 1 aromatic carbocycles. The average molecular weight is 517 g/mol. The van der Waals surface area contributed by atoms with E-state index in [0.717, 1.165) is 23.6 Å². The minimum Gasteiger partial charge on any atom is -0.481 e. The second kappa shape index (κ2) is 12.3. The third-order valence-corrected chi connectivity index (χ3v) is 8.31. The van der Waals surface area contributed by atoms with Crippen molar-refractivity contribution in [2.24, 2.45) is 0 Å². The Morgan fingerprint density at radius 2 is 2.00 bits per heavy atom. The smallest absolute Gasteiger partial charge is 0.303 e. The van der Waals surface area contributed by atoms with E-state index >= 15 is 0 Å². The molecule has 1 unspecified atom stereocenters. The summed E-state index contributed by atoms with van der Waals surface area (Å²) in [5, 5.41) is 25.0. The van der Waals surface area contributed by atoms with Crippen LogP contribution in [0.4, 0.5) is 0 Å². The Morgan fingerprint density at radius 3 is 2.64 bits per heavy atom. The topological polar surface area (TPSA) is 107 Å². The number of nitrogens with zero attached hydrogens (tertiary/aromatic N) is 1. The van der Waals surface area contributed by atoms with E-state index in [-0.39, 0.29) is 41.4 Å². The number of hydrogen-bond acceptors (Lipinski definition) is 6. The van der Waals surface area contributed by atoms with Gasteiger partial charge in [0.1, 0.15) is 0 Å². The van der Waals surface area contributed by atoms with Gasteiger partial charge in [0, 0.05) is 42.0 Å². The van der Waals surface area contributed by atoms with E-state index in [1.807, 2.05) is 6.07 Å². The van der Waals surface area contributed by atoms with Crippen molar-refractivity contribution in [2.75, 3.05) is 20.1 Å². The van der Waals surface area contributed by atoms with Gasteiger partial charge in [0.15, 0.2) is 0 Å². The van der Waals surface area contributed by atoms with Crippen LogP contribution in [0.1, 0.15) is 43.6 Å². The average Bonchev–Trinajstić information content (AvgIpc) is 3.24. The molecule has 0 radical (unpaired) electrons. The van der Waals surface area contributed by atoms with Crippen LogP contribution in [0.25, 0.3) is 0 Å². The first-order chi connectivity index (χ1) is 15.4. The minimum atomic E-state index is -3.90. The maximum absolute atomic E-state index is 13.0. The van der Waals surface area contributed by atoms with Crippen molar-refractivity contribution in [1.29, 1.82) is 0 Å². The van der Waals surface area contributed by atoms with Crippen LogP contribution in [0.5, 0.6) is 0 Å². The fraction of sp³-hybridized carbons (Fsp3) is 0.522. The van der Waals surface area contributed by atoms with Crippen LogP contribution in [-0.4, -0.2) is 60.7 Å². The Kier molecular flexibility index (Phi) is 10.3. The second-order valence-electron chi connectivity index (χ2n) is 8.83. The highest BCUT2D eigenvalue weighted by atomic mass is 35.5. The number of halogens is 1. The maximum atomic E-state index is 13.0. The summed E-state index contributed by atoms with van der Waals surface area (Å²) in [6.45, 7) is 4.31. The number of nitrogens with one attached hydrogen (secondary N) is 1. The molecule has 1 aromatic heterocycles. The van der Waals surface area contributed by atoms with Crippen molar-refractivity contribution in [3.8, 4) is 0 Å². The van der Waals surface area contributed by atoms with Gasteiger partial charge in [0.05, 0.1) is 11.0 Å². The van der Waals surface area contributed by atoms with Crippen LogP contribution in [0, 0.1) is 0 Å². The zero-order valence-electron chi connectivity index (χ0n) is 19.3. The van der Waals surface area contributed by atoms with Gasteiger partial charge in [-0.1, -0.05) is 17.7 Å². The Balaban J connectivity index is 1.90. The molecule has 7 nitrogen and oxygen atoms in total. The number of benzene rings is 1. The van der Waals surface area contributed by atoms with Crippen molar-refractivity contribution < 1.29 is 23.4 Å². The normalized spacial score (nSPS) is 13.4. The fourth-order valence-corrected chi connectivity index (χ4v) is 5.82. The second-order valence-corrected chi connectivity index (χ2v) is 12.3. The van der Waals surface area contributed by atoms with E-state index in [4.69, 9.17) is 16.7 Å². The molecule has 2 rings (SSSR count). The number of rotatable bonds is 14. The minimum absolute atomic E-state index is 0.0213. The standard InChI is InChI=1S/C23H33ClN2O5S2/c1-23(2,10-4-6-20-7-5-11-32-20)25-15-19(27)16-26(3)33(30,31)21-13-17(8-9-22(28)29)12-18(24)14-21/h5,7,11-14,19,25,27H,4,6,8-10,15-16H2,1-3H3,(H,28,29). The largest absolute Gasteiger partial charge is 0.481 e. The van der Waals surface area contributed by atoms with Gasteiger partial charge in [-0.3, -0.25) is 4.79 Å². The number of aliphatic hydroxyl groups is 1. The Morgan fingerprint density at radius 1 is 1.27 bits per heavy atom. The molecule has 2 aromatic rings. The molecule has 0 aliphatic heterocycles. The van der Waals surface area contributed by atoms with E-state index in [2.05, 4.69) is 30.6 Å². The van der Waals surface area contributed by atoms with Gasteiger partial charge in [0.2, 0.25) is 10.0 Å². The molecule has 1 heterocycles. The highest BCUT2D eigenvalue weighted by molar-refractivity contribution is 7.89. The van der Waals surface area contributed by atoms with E-state index in [0.29, 0.717) is 5.56 Å². The number of carbonyl (C=O) groups is 1. The number of hydrogen-bond donors (Lipinski definition) is 3. The van der Waals surface area contributed by atoms with Crippen molar-refractivity contribution in [3.63, 3.8) is 0 Å². The molecule has 10 heteroatoms. The summed E-state index contributed by atoms with van der Waals surface area (Å²) >= 11 is 7.81. The summed E-state index contributed by atoms with van der Waals surface area (Å²) in [7, 11) is -2.49. The van der Waals surface area contributed by atoms with Crippen LogP contribution in [0.3, 0.4) is 0 Å². The number of carboxylic acids is 1. The van der Waals surface area contributed by atoms with Crippen LogP contribution in [-0.2, 0) is 27.7 Å². The molecule has 0 bridgehead atoms. The number of thiophene rings is 1.